The highest BCUT2D eigenvalue weighted by atomic mass is 32.1. The molecule has 0 saturated heterocycles. The van der Waals surface area contributed by atoms with Crippen LogP contribution in [0.15, 0.2) is 55.0 Å². The maximum atomic E-state index is 5.59. The van der Waals surface area contributed by atoms with Crippen LogP contribution in [0.4, 0.5) is 10.8 Å². The van der Waals surface area contributed by atoms with Gasteiger partial charge in [-0.2, -0.15) is 0 Å². The molecule has 0 fully saturated rings. The Hall–Kier alpha value is -2.93. The van der Waals surface area contributed by atoms with Crippen molar-refractivity contribution in [3.8, 4) is 17.0 Å². The minimum absolute atomic E-state index is 0.732. The van der Waals surface area contributed by atoms with E-state index in [1.165, 1.54) is 11.3 Å². The summed E-state index contributed by atoms with van der Waals surface area (Å²) in [6.07, 6.45) is 6.46. The van der Waals surface area contributed by atoms with Crippen molar-refractivity contribution < 1.29 is 4.74 Å². The Labute approximate surface area is 149 Å². The van der Waals surface area contributed by atoms with E-state index in [0.717, 1.165) is 45.8 Å². The van der Waals surface area contributed by atoms with Gasteiger partial charge in [-0.3, -0.25) is 4.98 Å². The van der Waals surface area contributed by atoms with E-state index < -0.39 is 0 Å². The zero-order valence-corrected chi connectivity index (χ0v) is 14.5. The second-order valence-electron chi connectivity index (χ2n) is 5.50. The number of ether oxygens (including phenoxy) is 1. The van der Waals surface area contributed by atoms with Crippen LogP contribution in [0.2, 0.25) is 0 Å². The first-order valence-electron chi connectivity index (χ1n) is 8.08. The highest BCUT2D eigenvalue weighted by molar-refractivity contribution is 7.20. The molecule has 25 heavy (non-hydrogen) atoms. The molecule has 3 aromatic heterocycles. The summed E-state index contributed by atoms with van der Waals surface area (Å²) < 4.78 is 7.38. The lowest BCUT2D eigenvalue weighted by molar-refractivity contribution is 0.317. The number of hydrogen-bond acceptors (Lipinski definition) is 6. The Morgan fingerprint density at radius 3 is 2.80 bits per heavy atom. The van der Waals surface area contributed by atoms with Gasteiger partial charge in [0.1, 0.15) is 5.75 Å². The molecule has 1 N–H and O–H groups in total. The average molecular weight is 351 g/mol. The third-order valence-electron chi connectivity index (χ3n) is 3.58. The van der Waals surface area contributed by atoms with Gasteiger partial charge in [0.2, 0.25) is 10.1 Å². The van der Waals surface area contributed by atoms with Crippen molar-refractivity contribution in [2.24, 2.45) is 0 Å². The van der Waals surface area contributed by atoms with Crippen molar-refractivity contribution in [1.82, 2.24) is 19.6 Å². The molecule has 0 spiro atoms. The van der Waals surface area contributed by atoms with E-state index in [2.05, 4.69) is 27.3 Å². The molecule has 0 bridgehead atoms. The van der Waals surface area contributed by atoms with Crippen LogP contribution < -0.4 is 10.1 Å². The van der Waals surface area contributed by atoms with Crippen molar-refractivity contribution in [2.75, 3.05) is 11.9 Å². The van der Waals surface area contributed by atoms with E-state index in [0.29, 0.717) is 0 Å². The van der Waals surface area contributed by atoms with Gasteiger partial charge in [0, 0.05) is 23.6 Å². The van der Waals surface area contributed by atoms with Crippen LogP contribution in [0.25, 0.3) is 16.2 Å². The molecule has 0 aliphatic rings. The molecule has 1 aromatic carbocycles. The molecule has 0 radical (unpaired) electrons. The number of imidazole rings is 1. The van der Waals surface area contributed by atoms with Crippen molar-refractivity contribution >= 4 is 27.1 Å². The SMILES string of the molecule is CCCOc1ccc(Nc2nn3cc(-c4cccnc4)nc3s2)cc1. The number of rotatable bonds is 6. The van der Waals surface area contributed by atoms with Gasteiger partial charge in [0.05, 0.1) is 18.5 Å². The second-order valence-corrected chi connectivity index (χ2v) is 6.46. The number of benzene rings is 1. The van der Waals surface area contributed by atoms with Crippen LogP contribution in [-0.4, -0.2) is 26.2 Å². The van der Waals surface area contributed by atoms with Gasteiger partial charge in [-0.1, -0.05) is 18.3 Å². The number of pyridine rings is 1. The number of hydrogen-bond donors (Lipinski definition) is 1. The number of nitrogens with one attached hydrogen (secondary N) is 1. The molecule has 0 aliphatic heterocycles. The van der Waals surface area contributed by atoms with Crippen molar-refractivity contribution in [3.05, 3.63) is 55.0 Å². The van der Waals surface area contributed by atoms with Gasteiger partial charge in [0.25, 0.3) is 0 Å². The van der Waals surface area contributed by atoms with Crippen molar-refractivity contribution in [1.29, 1.82) is 0 Å². The Kier molecular flexibility index (Phi) is 4.30. The summed E-state index contributed by atoms with van der Waals surface area (Å²) in [5.41, 5.74) is 2.82. The smallest absolute Gasteiger partial charge is 0.214 e. The van der Waals surface area contributed by atoms with Gasteiger partial charge in [0.15, 0.2) is 0 Å². The zero-order chi connectivity index (χ0) is 17.1. The molecule has 126 valence electrons. The molecule has 0 amide bonds. The second kappa shape index (κ2) is 6.90. The lowest BCUT2D eigenvalue weighted by Gasteiger charge is -2.06. The lowest BCUT2D eigenvalue weighted by Crippen LogP contribution is -1.95. The van der Waals surface area contributed by atoms with Crippen LogP contribution in [-0.2, 0) is 0 Å². The summed E-state index contributed by atoms with van der Waals surface area (Å²) in [4.78, 5) is 9.58. The number of aromatic nitrogens is 4. The van der Waals surface area contributed by atoms with E-state index in [1.54, 1.807) is 16.9 Å². The van der Waals surface area contributed by atoms with E-state index in [1.807, 2.05) is 42.6 Å². The summed E-state index contributed by atoms with van der Waals surface area (Å²) >= 11 is 1.50. The molecule has 0 aliphatic carbocycles. The van der Waals surface area contributed by atoms with Gasteiger partial charge >= 0.3 is 0 Å². The van der Waals surface area contributed by atoms with Crippen LogP contribution in [0.5, 0.6) is 5.75 Å². The Bertz CT molecular complexity index is 931. The first-order valence-corrected chi connectivity index (χ1v) is 8.90. The summed E-state index contributed by atoms with van der Waals surface area (Å²) in [5.74, 6) is 0.877. The maximum absolute atomic E-state index is 5.59. The fourth-order valence-corrected chi connectivity index (χ4v) is 3.18. The zero-order valence-electron chi connectivity index (χ0n) is 13.7. The first-order chi connectivity index (χ1) is 12.3. The lowest BCUT2D eigenvalue weighted by atomic mass is 10.2. The molecule has 0 saturated carbocycles. The van der Waals surface area contributed by atoms with Gasteiger partial charge in [-0.25, -0.2) is 9.50 Å². The molecule has 4 rings (SSSR count). The van der Waals surface area contributed by atoms with E-state index in [4.69, 9.17) is 4.74 Å². The third kappa shape index (κ3) is 3.46. The fourth-order valence-electron chi connectivity index (χ4n) is 2.38. The highest BCUT2D eigenvalue weighted by Gasteiger charge is 2.10. The number of nitrogens with zero attached hydrogens (tertiary/aromatic N) is 4. The molecular weight excluding hydrogens is 334 g/mol. The Balaban J connectivity index is 1.50. The topological polar surface area (TPSA) is 64.3 Å². The molecule has 0 unspecified atom stereocenters. The standard InChI is InChI=1S/C18H17N5OS/c1-2-10-24-15-7-5-14(6-8-15)20-17-22-23-12-16(21-18(23)25-17)13-4-3-9-19-11-13/h3-9,11-12H,2,10H2,1H3,(H,20,22). The first kappa shape index (κ1) is 15.6. The van der Waals surface area contributed by atoms with Crippen molar-refractivity contribution in [2.45, 2.75) is 13.3 Å². The van der Waals surface area contributed by atoms with Gasteiger partial charge in [-0.05, 0) is 42.8 Å². The quantitative estimate of drug-likeness (QED) is 0.558. The van der Waals surface area contributed by atoms with E-state index in [-0.39, 0.29) is 0 Å². The minimum atomic E-state index is 0.732. The molecule has 3 heterocycles. The summed E-state index contributed by atoms with van der Waals surface area (Å²) in [6, 6.07) is 11.8. The third-order valence-corrected chi connectivity index (χ3v) is 4.42. The van der Waals surface area contributed by atoms with E-state index >= 15 is 0 Å². The normalized spacial score (nSPS) is 10.9. The van der Waals surface area contributed by atoms with E-state index in [9.17, 15) is 0 Å². The molecular formula is C18H17N5OS. The Morgan fingerprint density at radius 2 is 2.08 bits per heavy atom. The maximum Gasteiger partial charge on any atom is 0.214 e. The largest absolute Gasteiger partial charge is 0.494 e. The predicted molar refractivity (Wildman–Crippen MR) is 99.6 cm³/mol. The molecule has 0 atom stereocenters. The summed E-state index contributed by atoms with van der Waals surface area (Å²) in [6.45, 7) is 2.82. The molecule has 4 aromatic rings. The number of fused-ring (bicyclic) bond motifs is 1. The predicted octanol–water partition coefficient (Wildman–Crippen LogP) is 4.39. The summed E-state index contributed by atoms with van der Waals surface area (Å²) in [5, 5.41) is 8.63. The molecule has 6 nitrogen and oxygen atoms in total. The van der Waals surface area contributed by atoms with Crippen LogP contribution in [0, 0.1) is 0 Å². The fraction of sp³-hybridized carbons (Fsp3) is 0.167. The van der Waals surface area contributed by atoms with Gasteiger partial charge < -0.3 is 10.1 Å². The minimum Gasteiger partial charge on any atom is -0.494 e. The van der Waals surface area contributed by atoms with Crippen LogP contribution >= 0.6 is 11.3 Å². The van der Waals surface area contributed by atoms with Crippen LogP contribution in [0.1, 0.15) is 13.3 Å². The monoisotopic (exact) mass is 351 g/mol. The summed E-state index contributed by atoms with van der Waals surface area (Å²) in [7, 11) is 0. The average Bonchev–Trinajstić information content (AvgIpc) is 3.20. The number of anilines is 2. The van der Waals surface area contributed by atoms with Crippen LogP contribution in [0.3, 0.4) is 0 Å². The Morgan fingerprint density at radius 1 is 1.20 bits per heavy atom. The highest BCUT2D eigenvalue weighted by Crippen LogP contribution is 2.26. The molecule has 7 heteroatoms. The van der Waals surface area contributed by atoms with Gasteiger partial charge in [-0.15, -0.1) is 5.10 Å². The van der Waals surface area contributed by atoms with Crippen molar-refractivity contribution in [3.63, 3.8) is 0 Å².